The van der Waals surface area contributed by atoms with Gasteiger partial charge in [0.25, 0.3) is 0 Å². The zero-order valence-electron chi connectivity index (χ0n) is 13.7. The topological polar surface area (TPSA) is 12.5 Å². The smallest absolute Gasteiger partial charge is 0.119 e. The van der Waals surface area contributed by atoms with Gasteiger partial charge in [0.1, 0.15) is 5.75 Å². The molecule has 2 aromatic carbocycles. The van der Waals surface area contributed by atoms with Gasteiger partial charge in [-0.15, -0.1) is 11.3 Å². The maximum atomic E-state index is 6.08. The van der Waals surface area contributed by atoms with Crippen molar-refractivity contribution in [1.29, 1.82) is 0 Å². The molecule has 1 aromatic heterocycles. The number of benzene rings is 2. The van der Waals surface area contributed by atoms with E-state index < -0.39 is 0 Å². The van der Waals surface area contributed by atoms with Crippen molar-refractivity contribution in [2.45, 2.75) is 19.3 Å². The van der Waals surface area contributed by atoms with Gasteiger partial charge in [0, 0.05) is 28.2 Å². The van der Waals surface area contributed by atoms with E-state index in [2.05, 4.69) is 29.2 Å². The van der Waals surface area contributed by atoms with Gasteiger partial charge in [0.05, 0.1) is 17.7 Å². The van der Waals surface area contributed by atoms with Gasteiger partial charge in [0.2, 0.25) is 0 Å². The van der Waals surface area contributed by atoms with Crippen molar-refractivity contribution < 1.29 is 4.74 Å². The van der Waals surface area contributed by atoms with Crippen LogP contribution >= 0.6 is 22.9 Å². The molecule has 4 heteroatoms. The molecule has 4 rings (SSSR count). The lowest BCUT2D eigenvalue weighted by atomic mass is 10.1. The average molecular weight is 358 g/mol. The maximum Gasteiger partial charge on any atom is 0.119 e. The molecule has 124 valence electrons. The summed E-state index contributed by atoms with van der Waals surface area (Å²) in [4.78, 5) is 3.88. The average Bonchev–Trinajstić information content (AvgIpc) is 3.01. The van der Waals surface area contributed by atoms with Crippen LogP contribution in [0.1, 0.15) is 19.3 Å². The summed E-state index contributed by atoms with van der Waals surface area (Å²) in [6.45, 7) is 2.26. The van der Waals surface area contributed by atoms with Crippen molar-refractivity contribution in [3.63, 3.8) is 0 Å². The fourth-order valence-electron chi connectivity index (χ4n) is 3.42. The van der Waals surface area contributed by atoms with Crippen LogP contribution in [0.4, 0.5) is 5.69 Å². The second-order valence-electron chi connectivity index (χ2n) is 6.20. The van der Waals surface area contributed by atoms with Crippen LogP contribution in [-0.4, -0.2) is 20.2 Å². The minimum absolute atomic E-state index is 0.779. The Bertz CT molecular complexity index is 850. The molecule has 0 saturated carbocycles. The third-order valence-electron chi connectivity index (χ3n) is 4.65. The van der Waals surface area contributed by atoms with E-state index in [1.807, 2.05) is 29.5 Å². The minimum Gasteiger partial charge on any atom is -0.497 e. The monoisotopic (exact) mass is 357 g/mol. The maximum absolute atomic E-state index is 6.08. The van der Waals surface area contributed by atoms with Crippen LogP contribution in [0.25, 0.3) is 20.5 Å². The third kappa shape index (κ3) is 2.87. The highest BCUT2D eigenvalue weighted by Crippen LogP contribution is 2.46. The summed E-state index contributed by atoms with van der Waals surface area (Å²) < 4.78 is 6.77. The number of ether oxygens (including phenoxy) is 1. The molecule has 0 unspecified atom stereocenters. The number of piperidine rings is 1. The molecule has 2 nitrogen and oxygen atoms in total. The number of rotatable bonds is 3. The van der Waals surface area contributed by atoms with Crippen molar-refractivity contribution in [3.05, 3.63) is 47.5 Å². The number of nitrogens with zero attached hydrogens (tertiary/aromatic N) is 1. The Kier molecular flexibility index (Phi) is 4.38. The van der Waals surface area contributed by atoms with Gasteiger partial charge < -0.3 is 9.64 Å². The second kappa shape index (κ2) is 6.66. The van der Waals surface area contributed by atoms with E-state index in [0.29, 0.717) is 0 Å². The van der Waals surface area contributed by atoms with Gasteiger partial charge in [-0.25, -0.2) is 0 Å². The van der Waals surface area contributed by atoms with Gasteiger partial charge in [-0.3, -0.25) is 0 Å². The number of anilines is 1. The molecule has 0 radical (unpaired) electrons. The first-order valence-corrected chi connectivity index (χ1v) is 9.57. The Morgan fingerprint density at radius 2 is 1.75 bits per heavy atom. The van der Waals surface area contributed by atoms with Crippen LogP contribution in [-0.2, 0) is 0 Å². The highest BCUT2D eigenvalue weighted by Gasteiger charge is 2.21. The highest BCUT2D eigenvalue weighted by molar-refractivity contribution is 7.23. The van der Waals surface area contributed by atoms with Gasteiger partial charge in [0.15, 0.2) is 0 Å². The fraction of sp³-hybridized carbons (Fsp3) is 0.300. The molecule has 24 heavy (non-hydrogen) atoms. The summed E-state index contributed by atoms with van der Waals surface area (Å²) in [5, 5.41) is 2.08. The van der Waals surface area contributed by atoms with Gasteiger partial charge in [-0.05, 0) is 55.2 Å². The predicted octanol–water partition coefficient (Wildman–Crippen LogP) is 6.22. The number of fused-ring (bicyclic) bond motifs is 1. The number of thiophene rings is 1. The molecule has 1 aliphatic rings. The van der Waals surface area contributed by atoms with Crippen LogP contribution in [0.3, 0.4) is 0 Å². The zero-order valence-corrected chi connectivity index (χ0v) is 15.3. The Morgan fingerprint density at radius 3 is 2.46 bits per heavy atom. The summed E-state index contributed by atoms with van der Waals surface area (Å²) in [5.74, 6) is 0.918. The number of hydrogen-bond donors (Lipinski definition) is 0. The van der Waals surface area contributed by atoms with Gasteiger partial charge in [-0.2, -0.15) is 0 Å². The van der Waals surface area contributed by atoms with Crippen LogP contribution in [0, 0.1) is 0 Å². The largest absolute Gasteiger partial charge is 0.497 e. The lowest BCUT2D eigenvalue weighted by molar-refractivity contribution is 0.415. The number of hydrogen-bond acceptors (Lipinski definition) is 3. The fourth-order valence-corrected chi connectivity index (χ4v) is 4.76. The quantitative estimate of drug-likeness (QED) is 0.551. The molecule has 3 aromatic rings. The van der Waals surface area contributed by atoms with Crippen LogP contribution in [0.2, 0.25) is 5.02 Å². The minimum atomic E-state index is 0.779. The lowest BCUT2D eigenvalue weighted by Gasteiger charge is -2.29. The Hall–Kier alpha value is -1.71. The number of methoxy groups -OCH3 is 1. The van der Waals surface area contributed by atoms with E-state index in [9.17, 15) is 0 Å². The summed E-state index contributed by atoms with van der Waals surface area (Å²) >= 11 is 7.94. The van der Waals surface area contributed by atoms with Crippen molar-refractivity contribution in [3.8, 4) is 16.2 Å². The summed E-state index contributed by atoms with van der Waals surface area (Å²) in [5.41, 5.74) is 2.59. The molecule has 1 saturated heterocycles. The van der Waals surface area contributed by atoms with Crippen molar-refractivity contribution in [2.75, 3.05) is 25.1 Å². The first kappa shape index (κ1) is 15.8. The molecule has 1 fully saturated rings. The Balaban J connectivity index is 1.92. The van der Waals surface area contributed by atoms with E-state index in [0.717, 1.165) is 23.9 Å². The van der Waals surface area contributed by atoms with Crippen LogP contribution in [0.5, 0.6) is 5.75 Å². The highest BCUT2D eigenvalue weighted by atomic mass is 35.5. The predicted molar refractivity (Wildman–Crippen MR) is 105 cm³/mol. The molecule has 2 heterocycles. The SMILES string of the molecule is COc1ccc2sc(-c3ccc(Cl)cc3)c(N3CCCCC3)c2c1. The molecule has 0 spiro atoms. The van der Waals surface area contributed by atoms with E-state index in [-0.39, 0.29) is 0 Å². The first-order valence-electron chi connectivity index (χ1n) is 8.38. The summed E-state index contributed by atoms with van der Waals surface area (Å²) in [6.07, 6.45) is 3.86. The van der Waals surface area contributed by atoms with Crippen LogP contribution < -0.4 is 9.64 Å². The number of halogens is 1. The Labute approximate surface area is 151 Å². The summed E-state index contributed by atoms with van der Waals surface area (Å²) in [7, 11) is 1.73. The van der Waals surface area contributed by atoms with Gasteiger partial charge >= 0.3 is 0 Å². The van der Waals surface area contributed by atoms with E-state index in [4.69, 9.17) is 16.3 Å². The molecule has 0 N–H and O–H groups in total. The molecule has 1 aliphatic heterocycles. The lowest BCUT2D eigenvalue weighted by Crippen LogP contribution is -2.29. The normalized spacial score (nSPS) is 15.0. The first-order chi connectivity index (χ1) is 11.8. The molecule has 0 amide bonds. The van der Waals surface area contributed by atoms with Crippen LogP contribution in [0.15, 0.2) is 42.5 Å². The van der Waals surface area contributed by atoms with Crippen molar-refractivity contribution in [2.24, 2.45) is 0 Å². The van der Waals surface area contributed by atoms with Crippen molar-refractivity contribution >= 4 is 38.7 Å². The Morgan fingerprint density at radius 1 is 1.00 bits per heavy atom. The molecule has 0 bridgehead atoms. The van der Waals surface area contributed by atoms with Crippen molar-refractivity contribution in [1.82, 2.24) is 0 Å². The standard InChI is InChI=1S/C20H20ClNOS/c1-23-16-9-10-18-17(13-16)19(22-11-3-2-4-12-22)20(24-18)14-5-7-15(21)8-6-14/h5-10,13H,2-4,11-12H2,1H3. The summed E-state index contributed by atoms with van der Waals surface area (Å²) in [6, 6.07) is 14.6. The molecular formula is C20H20ClNOS. The van der Waals surface area contributed by atoms with E-state index >= 15 is 0 Å². The second-order valence-corrected chi connectivity index (χ2v) is 7.69. The molecule has 0 aliphatic carbocycles. The third-order valence-corrected chi connectivity index (χ3v) is 6.11. The van der Waals surface area contributed by atoms with Gasteiger partial charge in [-0.1, -0.05) is 23.7 Å². The molecule has 0 atom stereocenters. The van der Waals surface area contributed by atoms with E-state index in [1.54, 1.807) is 7.11 Å². The van der Waals surface area contributed by atoms with E-state index in [1.165, 1.54) is 45.5 Å². The molecular weight excluding hydrogens is 338 g/mol. The zero-order chi connectivity index (χ0) is 16.5.